The molecule has 0 fully saturated rings. The summed E-state index contributed by atoms with van der Waals surface area (Å²) in [6.45, 7) is 1.97. The third kappa shape index (κ3) is 2.38. The van der Waals surface area contributed by atoms with Crippen molar-refractivity contribution in [2.24, 2.45) is 0 Å². The molecule has 20 heavy (non-hydrogen) atoms. The van der Waals surface area contributed by atoms with Crippen molar-refractivity contribution < 1.29 is 4.74 Å². The summed E-state index contributed by atoms with van der Waals surface area (Å²) >= 11 is 0. The second-order valence-corrected chi connectivity index (χ2v) is 4.33. The number of hydrogen-bond acceptors (Lipinski definition) is 5. The molecular formula is C15H14N4O. The number of pyridine rings is 1. The third-order valence-corrected chi connectivity index (χ3v) is 2.90. The van der Waals surface area contributed by atoms with Gasteiger partial charge < -0.3 is 10.5 Å². The molecule has 3 aromatic rings. The van der Waals surface area contributed by atoms with Crippen LogP contribution in [0.25, 0.3) is 10.9 Å². The molecule has 2 heterocycles. The maximum absolute atomic E-state index is 5.82. The lowest BCUT2D eigenvalue weighted by molar-refractivity contribution is 0.463. The molecule has 0 aliphatic carbocycles. The van der Waals surface area contributed by atoms with Crippen LogP contribution in [0.3, 0.4) is 0 Å². The number of benzene rings is 1. The van der Waals surface area contributed by atoms with Crippen molar-refractivity contribution in [3.05, 3.63) is 48.4 Å². The molecule has 1 aromatic carbocycles. The highest BCUT2D eigenvalue weighted by atomic mass is 16.5. The summed E-state index contributed by atoms with van der Waals surface area (Å²) in [4.78, 5) is 12.8. The van der Waals surface area contributed by atoms with Gasteiger partial charge in [0.2, 0.25) is 5.88 Å². The number of nitrogens with zero attached hydrogens (tertiary/aromatic N) is 3. The maximum atomic E-state index is 5.82. The summed E-state index contributed by atoms with van der Waals surface area (Å²) in [6, 6.07) is 11.3. The summed E-state index contributed by atoms with van der Waals surface area (Å²) < 4.78 is 5.82. The zero-order chi connectivity index (χ0) is 13.9. The fourth-order valence-electron chi connectivity index (χ4n) is 1.97. The molecule has 0 spiro atoms. The molecule has 0 aliphatic heterocycles. The number of aryl methyl sites for hydroxylation is 1. The van der Waals surface area contributed by atoms with Crippen LogP contribution in [-0.4, -0.2) is 15.0 Å². The Morgan fingerprint density at radius 1 is 1.15 bits per heavy atom. The number of hydrogen-bond donors (Lipinski definition) is 1. The molecule has 0 bridgehead atoms. The summed E-state index contributed by atoms with van der Waals surface area (Å²) in [5.41, 5.74) is 6.55. The first kappa shape index (κ1) is 12.3. The average molecular weight is 266 g/mol. The van der Waals surface area contributed by atoms with Gasteiger partial charge in [-0.25, -0.2) is 4.98 Å². The Morgan fingerprint density at radius 2 is 2.00 bits per heavy atom. The minimum atomic E-state index is 0.403. The van der Waals surface area contributed by atoms with Crippen molar-refractivity contribution in [2.75, 3.05) is 5.73 Å². The van der Waals surface area contributed by atoms with E-state index in [0.29, 0.717) is 29.7 Å². The molecule has 5 nitrogen and oxygen atoms in total. The lowest BCUT2D eigenvalue weighted by atomic mass is 10.2. The molecule has 3 rings (SSSR count). The van der Waals surface area contributed by atoms with Gasteiger partial charge in [-0.15, -0.1) is 0 Å². The molecule has 0 radical (unpaired) electrons. The number of nitrogen functional groups attached to an aromatic ring is 1. The Kier molecular flexibility index (Phi) is 3.16. The minimum absolute atomic E-state index is 0.403. The molecule has 5 heteroatoms. The number of anilines is 1. The van der Waals surface area contributed by atoms with E-state index in [1.54, 1.807) is 12.3 Å². The second kappa shape index (κ2) is 5.13. The smallest absolute Gasteiger partial charge is 0.224 e. The summed E-state index contributed by atoms with van der Waals surface area (Å²) in [5, 5.41) is 1.02. The second-order valence-electron chi connectivity index (χ2n) is 4.33. The average Bonchev–Trinajstić information content (AvgIpc) is 2.47. The van der Waals surface area contributed by atoms with Gasteiger partial charge >= 0.3 is 0 Å². The molecular weight excluding hydrogens is 252 g/mol. The Hall–Kier alpha value is -2.69. The van der Waals surface area contributed by atoms with E-state index < -0.39 is 0 Å². The van der Waals surface area contributed by atoms with Crippen molar-refractivity contribution in [1.82, 2.24) is 15.0 Å². The van der Waals surface area contributed by atoms with Gasteiger partial charge in [-0.1, -0.05) is 25.1 Å². The predicted molar refractivity (Wildman–Crippen MR) is 77.6 cm³/mol. The summed E-state index contributed by atoms with van der Waals surface area (Å²) in [7, 11) is 0. The van der Waals surface area contributed by atoms with Gasteiger partial charge in [0.15, 0.2) is 5.75 Å². The SMILES string of the molecule is CCc1nc(N)cc(Oc2cccc3cccnc23)n1. The van der Waals surface area contributed by atoms with Crippen LogP contribution in [0.5, 0.6) is 11.6 Å². The molecule has 0 saturated carbocycles. The number of fused-ring (bicyclic) bond motifs is 1. The first-order valence-corrected chi connectivity index (χ1v) is 6.41. The van der Waals surface area contributed by atoms with E-state index in [1.165, 1.54) is 0 Å². The fraction of sp³-hybridized carbons (Fsp3) is 0.133. The van der Waals surface area contributed by atoms with Crippen LogP contribution in [0, 0.1) is 0 Å². The largest absolute Gasteiger partial charge is 0.437 e. The number of aromatic nitrogens is 3. The fourth-order valence-corrected chi connectivity index (χ4v) is 1.97. The highest BCUT2D eigenvalue weighted by molar-refractivity contribution is 5.84. The van der Waals surface area contributed by atoms with Gasteiger partial charge in [-0.2, -0.15) is 4.98 Å². The van der Waals surface area contributed by atoms with Crippen LogP contribution in [0.4, 0.5) is 5.82 Å². The number of nitrogens with two attached hydrogens (primary N) is 1. The zero-order valence-corrected chi connectivity index (χ0v) is 11.1. The molecule has 0 aliphatic rings. The van der Waals surface area contributed by atoms with Crippen LogP contribution in [0.15, 0.2) is 42.6 Å². The molecule has 0 atom stereocenters. The molecule has 2 aromatic heterocycles. The summed E-state index contributed by atoms with van der Waals surface area (Å²) in [5.74, 6) is 2.16. The predicted octanol–water partition coefficient (Wildman–Crippen LogP) is 2.96. The van der Waals surface area contributed by atoms with Gasteiger partial charge in [-0.3, -0.25) is 4.98 Å². The van der Waals surface area contributed by atoms with Gasteiger partial charge in [0.05, 0.1) is 0 Å². The van der Waals surface area contributed by atoms with Crippen LogP contribution in [0.2, 0.25) is 0 Å². The Bertz CT molecular complexity index is 752. The van der Waals surface area contributed by atoms with Crippen LogP contribution < -0.4 is 10.5 Å². The zero-order valence-electron chi connectivity index (χ0n) is 11.1. The van der Waals surface area contributed by atoms with E-state index in [1.807, 2.05) is 37.3 Å². The van der Waals surface area contributed by atoms with Crippen LogP contribution in [0.1, 0.15) is 12.7 Å². The highest BCUT2D eigenvalue weighted by Crippen LogP contribution is 2.27. The first-order chi connectivity index (χ1) is 9.76. The van der Waals surface area contributed by atoms with E-state index in [9.17, 15) is 0 Å². The van der Waals surface area contributed by atoms with Gasteiger partial charge in [0, 0.05) is 24.1 Å². The van der Waals surface area contributed by atoms with Crippen LogP contribution in [-0.2, 0) is 6.42 Å². The van der Waals surface area contributed by atoms with Crippen molar-refractivity contribution >= 4 is 16.7 Å². The van der Waals surface area contributed by atoms with Crippen molar-refractivity contribution in [2.45, 2.75) is 13.3 Å². The molecule has 0 amide bonds. The summed E-state index contributed by atoms with van der Waals surface area (Å²) in [6.07, 6.45) is 2.44. The van der Waals surface area contributed by atoms with E-state index in [2.05, 4.69) is 15.0 Å². The van der Waals surface area contributed by atoms with Crippen LogP contribution >= 0.6 is 0 Å². The van der Waals surface area contributed by atoms with E-state index in [-0.39, 0.29) is 0 Å². The van der Waals surface area contributed by atoms with E-state index in [4.69, 9.17) is 10.5 Å². The van der Waals surface area contributed by atoms with E-state index >= 15 is 0 Å². The number of ether oxygens (including phenoxy) is 1. The first-order valence-electron chi connectivity index (χ1n) is 6.41. The Balaban J connectivity index is 2.03. The molecule has 0 unspecified atom stereocenters. The quantitative estimate of drug-likeness (QED) is 0.788. The van der Waals surface area contributed by atoms with Crippen molar-refractivity contribution in [3.8, 4) is 11.6 Å². The topological polar surface area (TPSA) is 73.9 Å². The Morgan fingerprint density at radius 3 is 2.85 bits per heavy atom. The Labute approximate surface area is 116 Å². The highest BCUT2D eigenvalue weighted by Gasteiger charge is 2.07. The van der Waals surface area contributed by atoms with Gasteiger partial charge in [-0.05, 0) is 12.1 Å². The van der Waals surface area contributed by atoms with Crippen molar-refractivity contribution in [3.63, 3.8) is 0 Å². The lowest BCUT2D eigenvalue weighted by Gasteiger charge is -2.08. The van der Waals surface area contributed by atoms with Gasteiger partial charge in [0.25, 0.3) is 0 Å². The number of para-hydroxylation sites is 1. The normalized spacial score (nSPS) is 10.7. The third-order valence-electron chi connectivity index (χ3n) is 2.90. The molecule has 0 saturated heterocycles. The molecule has 100 valence electrons. The lowest BCUT2D eigenvalue weighted by Crippen LogP contribution is -2.00. The monoisotopic (exact) mass is 266 g/mol. The standard InChI is InChI=1S/C15H14N4O/c1-2-13-18-12(16)9-14(19-13)20-11-7-3-5-10-6-4-8-17-15(10)11/h3-9H,2H2,1H3,(H2,16,18,19). The number of rotatable bonds is 3. The van der Waals surface area contributed by atoms with E-state index in [0.717, 1.165) is 10.9 Å². The van der Waals surface area contributed by atoms with Crippen molar-refractivity contribution in [1.29, 1.82) is 0 Å². The minimum Gasteiger partial charge on any atom is -0.437 e. The maximum Gasteiger partial charge on any atom is 0.224 e. The molecule has 2 N–H and O–H groups in total. The van der Waals surface area contributed by atoms with Gasteiger partial charge in [0.1, 0.15) is 17.2 Å².